The summed E-state index contributed by atoms with van der Waals surface area (Å²) in [6, 6.07) is 22.7. The van der Waals surface area contributed by atoms with E-state index in [2.05, 4.69) is 4.98 Å². The quantitative estimate of drug-likeness (QED) is 0.620. The van der Waals surface area contributed by atoms with Crippen LogP contribution in [0.2, 0.25) is 0 Å². The Kier molecular flexibility index (Phi) is 6.57. The summed E-state index contributed by atoms with van der Waals surface area (Å²) in [7, 11) is 0. The molecule has 0 saturated carbocycles. The van der Waals surface area contributed by atoms with Gasteiger partial charge in [-0.15, -0.1) is 0 Å². The summed E-state index contributed by atoms with van der Waals surface area (Å²) in [6.45, 7) is 2.62. The van der Waals surface area contributed by atoms with Gasteiger partial charge in [0.05, 0.1) is 6.42 Å². The number of amides is 2. The highest BCUT2D eigenvalue weighted by Crippen LogP contribution is 2.16. The topological polar surface area (TPSA) is 62.7 Å². The lowest BCUT2D eigenvalue weighted by atomic mass is 10.1. The van der Waals surface area contributed by atoms with Crippen molar-refractivity contribution in [3.63, 3.8) is 0 Å². The SMILES string of the molecule is O=C(Cc1ccccn1)N1CCN(C(=O)c2ccc(OCc3ccccc3)cc2)CC1. The van der Waals surface area contributed by atoms with Gasteiger partial charge >= 0.3 is 0 Å². The molecule has 158 valence electrons. The van der Waals surface area contributed by atoms with Gasteiger partial charge in [-0.2, -0.15) is 0 Å². The third-order valence-corrected chi connectivity index (χ3v) is 5.33. The maximum absolute atomic E-state index is 12.8. The molecule has 0 radical (unpaired) electrons. The molecular formula is C25H25N3O3. The Bertz CT molecular complexity index is 999. The lowest BCUT2D eigenvalue weighted by Crippen LogP contribution is -2.51. The third kappa shape index (κ3) is 5.48. The van der Waals surface area contributed by atoms with Crippen LogP contribution in [0.1, 0.15) is 21.6 Å². The normalized spacial score (nSPS) is 13.7. The standard InChI is InChI=1S/C25H25N3O3/c29-24(18-22-8-4-5-13-26-22)27-14-16-28(17-15-27)25(30)21-9-11-23(12-10-21)31-19-20-6-2-1-3-7-20/h1-13H,14-19H2. The molecule has 1 fully saturated rings. The Hall–Kier alpha value is -3.67. The second kappa shape index (κ2) is 9.89. The van der Waals surface area contributed by atoms with Crippen molar-refractivity contribution in [2.75, 3.05) is 26.2 Å². The molecule has 0 bridgehead atoms. The van der Waals surface area contributed by atoms with E-state index >= 15 is 0 Å². The van der Waals surface area contributed by atoms with E-state index in [-0.39, 0.29) is 11.8 Å². The second-order valence-corrected chi connectivity index (χ2v) is 7.47. The highest BCUT2D eigenvalue weighted by molar-refractivity contribution is 5.94. The van der Waals surface area contributed by atoms with Crippen molar-refractivity contribution in [2.24, 2.45) is 0 Å². The molecule has 2 aromatic carbocycles. The summed E-state index contributed by atoms with van der Waals surface area (Å²) in [6.07, 6.45) is 1.98. The molecule has 0 spiro atoms. The zero-order valence-electron chi connectivity index (χ0n) is 17.3. The number of hydrogen-bond acceptors (Lipinski definition) is 4. The zero-order chi connectivity index (χ0) is 21.5. The first kappa shape index (κ1) is 20.6. The fraction of sp³-hybridized carbons (Fsp3) is 0.240. The van der Waals surface area contributed by atoms with Crippen LogP contribution in [0.4, 0.5) is 0 Å². The molecule has 3 aromatic rings. The van der Waals surface area contributed by atoms with Gasteiger partial charge in [-0.05, 0) is 42.0 Å². The Morgan fingerprint density at radius 3 is 2.16 bits per heavy atom. The maximum atomic E-state index is 12.8. The van der Waals surface area contributed by atoms with Crippen LogP contribution in [0.15, 0.2) is 79.0 Å². The summed E-state index contributed by atoms with van der Waals surface area (Å²) in [4.78, 5) is 33.1. The van der Waals surface area contributed by atoms with Gasteiger partial charge in [-0.1, -0.05) is 36.4 Å². The first-order valence-corrected chi connectivity index (χ1v) is 10.4. The van der Waals surface area contributed by atoms with Crippen molar-refractivity contribution < 1.29 is 14.3 Å². The van der Waals surface area contributed by atoms with Gasteiger partial charge in [0, 0.05) is 43.6 Å². The minimum Gasteiger partial charge on any atom is -0.489 e. The lowest BCUT2D eigenvalue weighted by Gasteiger charge is -2.34. The Morgan fingerprint density at radius 2 is 1.48 bits per heavy atom. The summed E-state index contributed by atoms with van der Waals surface area (Å²) in [5, 5.41) is 0. The van der Waals surface area contributed by atoms with Crippen LogP contribution in [-0.4, -0.2) is 52.8 Å². The molecular weight excluding hydrogens is 390 g/mol. The average molecular weight is 415 g/mol. The Labute approximate surface area is 182 Å². The monoisotopic (exact) mass is 415 g/mol. The van der Waals surface area contributed by atoms with Crippen LogP contribution in [0.3, 0.4) is 0 Å². The van der Waals surface area contributed by atoms with Crippen molar-refractivity contribution >= 4 is 11.8 Å². The van der Waals surface area contributed by atoms with Crippen molar-refractivity contribution in [1.29, 1.82) is 0 Å². The molecule has 1 aliphatic heterocycles. The first-order valence-electron chi connectivity index (χ1n) is 10.4. The first-order chi connectivity index (χ1) is 15.2. The number of rotatable bonds is 6. The molecule has 0 unspecified atom stereocenters. The molecule has 2 amide bonds. The summed E-state index contributed by atoms with van der Waals surface area (Å²) in [5.41, 5.74) is 2.49. The van der Waals surface area contributed by atoms with Crippen LogP contribution >= 0.6 is 0 Å². The summed E-state index contributed by atoms with van der Waals surface area (Å²) < 4.78 is 5.79. The highest BCUT2D eigenvalue weighted by Gasteiger charge is 2.25. The molecule has 6 nitrogen and oxygen atoms in total. The number of ether oxygens (including phenoxy) is 1. The molecule has 2 heterocycles. The lowest BCUT2D eigenvalue weighted by molar-refractivity contribution is -0.132. The fourth-order valence-electron chi connectivity index (χ4n) is 3.55. The number of carbonyl (C=O) groups excluding carboxylic acids is 2. The van der Waals surface area contributed by atoms with E-state index in [1.165, 1.54) is 0 Å². The Morgan fingerprint density at radius 1 is 0.806 bits per heavy atom. The van der Waals surface area contributed by atoms with Gasteiger partial charge in [0.2, 0.25) is 5.91 Å². The molecule has 4 rings (SSSR count). The molecule has 0 atom stereocenters. The molecule has 1 aliphatic rings. The second-order valence-electron chi connectivity index (χ2n) is 7.47. The minimum atomic E-state index is -0.0218. The van der Waals surface area contributed by atoms with Crippen LogP contribution in [0.25, 0.3) is 0 Å². The van der Waals surface area contributed by atoms with Crippen molar-refractivity contribution in [3.05, 3.63) is 95.8 Å². The summed E-state index contributed by atoms with van der Waals surface area (Å²) in [5.74, 6) is 0.752. The van der Waals surface area contributed by atoms with E-state index < -0.39 is 0 Å². The Balaban J connectivity index is 1.27. The largest absolute Gasteiger partial charge is 0.489 e. The molecule has 0 N–H and O–H groups in total. The number of piperazine rings is 1. The summed E-state index contributed by atoms with van der Waals surface area (Å²) >= 11 is 0. The predicted octanol–water partition coefficient (Wildman–Crippen LogP) is 3.19. The van der Waals surface area contributed by atoms with Crippen molar-refractivity contribution in [3.8, 4) is 5.75 Å². The molecule has 6 heteroatoms. The zero-order valence-corrected chi connectivity index (χ0v) is 17.3. The van der Waals surface area contributed by atoms with Crippen molar-refractivity contribution in [2.45, 2.75) is 13.0 Å². The molecule has 1 saturated heterocycles. The van der Waals surface area contributed by atoms with Gasteiger partial charge in [0.15, 0.2) is 0 Å². The van der Waals surface area contributed by atoms with E-state index in [1.54, 1.807) is 28.1 Å². The number of aromatic nitrogens is 1. The van der Waals surface area contributed by atoms with E-state index in [4.69, 9.17) is 4.74 Å². The molecule has 1 aromatic heterocycles. The molecule has 31 heavy (non-hydrogen) atoms. The van der Waals surface area contributed by atoms with E-state index in [1.807, 2.05) is 60.7 Å². The van der Waals surface area contributed by atoms with E-state index in [0.29, 0.717) is 44.8 Å². The van der Waals surface area contributed by atoms with Crippen LogP contribution in [-0.2, 0) is 17.8 Å². The van der Waals surface area contributed by atoms with E-state index in [9.17, 15) is 9.59 Å². The van der Waals surface area contributed by atoms with Crippen LogP contribution in [0, 0.1) is 0 Å². The number of pyridine rings is 1. The average Bonchev–Trinajstić information content (AvgIpc) is 2.84. The van der Waals surface area contributed by atoms with Crippen molar-refractivity contribution in [1.82, 2.24) is 14.8 Å². The van der Waals surface area contributed by atoms with E-state index in [0.717, 1.165) is 17.0 Å². The molecule has 0 aliphatic carbocycles. The van der Waals surface area contributed by atoms with Crippen LogP contribution < -0.4 is 4.74 Å². The maximum Gasteiger partial charge on any atom is 0.253 e. The van der Waals surface area contributed by atoms with Gasteiger partial charge in [-0.3, -0.25) is 14.6 Å². The fourth-order valence-corrected chi connectivity index (χ4v) is 3.55. The smallest absolute Gasteiger partial charge is 0.253 e. The number of hydrogen-bond donors (Lipinski definition) is 0. The van der Waals surface area contributed by atoms with Crippen LogP contribution in [0.5, 0.6) is 5.75 Å². The minimum absolute atomic E-state index is 0.0218. The van der Waals surface area contributed by atoms with Gasteiger partial charge in [-0.25, -0.2) is 0 Å². The highest BCUT2D eigenvalue weighted by atomic mass is 16.5. The van der Waals surface area contributed by atoms with Gasteiger partial charge in [0.1, 0.15) is 12.4 Å². The third-order valence-electron chi connectivity index (χ3n) is 5.33. The number of benzene rings is 2. The number of carbonyl (C=O) groups is 2. The predicted molar refractivity (Wildman–Crippen MR) is 118 cm³/mol. The number of nitrogens with zero attached hydrogens (tertiary/aromatic N) is 3. The van der Waals surface area contributed by atoms with Gasteiger partial charge < -0.3 is 14.5 Å². The van der Waals surface area contributed by atoms with Gasteiger partial charge in [0.25, 0.3) is 5.91 Å².